The zero-order chi connectivity index (χ0) is 12.4. The third-order valence-electron chi connectivity index (χ3n) is 2.62. The monoisotopic (exact) mass is 302 g/mol. The molecule has 1 aliphatic rings. The van der Waals surface area contributed by atoms with Gasteiger partial charge in [-0.15, -0.1) is 0 Å². The summed E-state index contributed by atoms with van der Waals surface area (Å²) < 4.78 is 14.3. The number of carbonyl (C=O) groups is 1. The fourth-order valence-corrected chi connectivity index (χ4v) is 2.14. The average molecular weight is 303 g/mol. The van der Waals surface area contributed by atoms with Gasteiger partial charge in [0.05, 0.1) is 25.5 Å². The molecule has 0 radical (unpaired) electrons. The molecule has 1 saturated heterocycles. The lowest BCUT2D eigenvalue weighted by molar-refractivity contribution is -0.116. The van der Waals surface area contributed by atoms with Crippen LogP contribution in [-0.4, -0.2) is 42.3 Å². The number of hydrogen-bond donors (Lipinski definition) is 1. The number of amides is 1. The van der Waals surface area contributed by atoms with Gasteiger partial charge in [0.2, 0.25) is 5.91 Å². The zero-order valence-corrected chi connectivity index (χ0v) is 10.7. The molecule has 0 aromatic heterocycles. The van der Waals surface area contributed by atoms with Crippen LogP contribution in [0.5, 0.6) is 0 Å². The maximum atomic E-state index is 13.7. The summed E-state index contributed by atoms with van der Waals surface area (Å²) in [5, 5.41) is 8.81. The molecule has 0 unspecified atom stereocenters. The summed E-state index contributed by atoms with van der Waals surface area (Å²) in [6.07, 6.45) is 0. The van der Waals surface area contributed by atoms with E-state index >= 15 is 0 Å². The first-order valence-corrected chi connectivity index (χ1v) is 6.00. The number of aliphatic hydroxyl groups is 1. The van der Waals surface area contributed by atoms with Gasteiger partial charge >= 0.3 is 0 Å². The van der Waals surface area contributed by atoms with Gasteiger partial charge in [0.25, 0.3) is 0 Å². The maximum Gasteiger partial charge on any atom is 0.242 e. The van der Waals surface area contributed by atoms with Crippen LogP contribution in [0.3, 0.4) is 0 Å². The van der Waals surface area contributed by atoms with Crippen molar-refractivity contribution in [2.75, 3.05) is 31.3 Å². The Morgan fingerprint density at radius 3 is 2.88 bits per heavy atom. The van der Waals surface area contributed by atoms with Crippen LogP contribution in [0, 0.1) is 5.82 Å². The molecule has 1 aliphatic heterocycles. The van der Waals surface area contributed by atoms with Gasteiger partial charge in [-0.25, -0.2) is 4.39 Å². The second-order valence-electron chi connectivity index (χ2n) is 3.84. The highest BCUT2D eigenvalue weighted by Gasteiger charge is 2.29. The number of benzene rings is 1. The molecule has 0 saturated carbocycles. The van der Waals surface area contributed by atoms with Crippen LogP contribution >= 0.6 is 15.9 Å². The average Bonchev–Trinajstić information content (AvgIpc) is 2.60. The number of halogens is 2. The van der Waals surface area contributed by atoms with Crippen molar-refractivity contribution in [1.82, 2.24) is 4.90 Å². The smallest absolute Gasteiger partial charge is 0.242 e. The zero-order valence-electron chi connectivity index (χ0n) is 9.07. The van der Waals surface area contributed by atoms with Crippen molar-refractivity contribution in [1.29, 1.82) is 0 Å². The van der Waals surface area contributed by atoms with Gasteiger partial charge < -0.3 is 5.11 Å². The number of nitrogens with zero attached hydrogens (tertiary/aromatic N) is 2. The van der Waals surface area contributed by atoms with Crippen LogP contribution in [0.15, 0.2) is 22.7 Å². The molecule has 1 fully saturated rings. The van der Waals surface area contributed by atoms with Crippen LogP contribution < -0.4 is 4.90 Å². The van der Waals surface area contributed by atoms with Crippen molar-refractivity contribution < 1.29 is 14.3 Å². The van der Waals surface area contributed by atoms with Gasteiger partial charge in [0.15, 0.2) is 0 Å². The molecule has 6 heteroatoms. The van der Waals surface area contributed by atoms with Crippen molar-refractivity contribution in [3.63, 3.8) is 0 Å². The quantitative estimate of drug-likeness (QED) is 0.912. The lowest BCUT2D eigenvalue weighted by Crippen LogP contribution is -2.28. The van der Waals surface area contributed by atoms with E-state index in [1.807, 2.05) is 0 Å². The summed E-state index contributed by atoms with van der Waals surface area (Å²) in [4.78, 5) is 14.9. The van der Waals surface area contributed by atoms with E-state index in [9.17, 15) is 9.18 Å². The first kappa shape index (κ1) is 12.5. The summed E-state index contributed by atoms with van der Waals surface area (Å²) in [5.74, 6) is -0.585. The van der Waals surface area contributed by atoms with Crippen LogP contribution in [0.1, 0.15) is 0 Å². The highest BCUT2D eigenvalue weighted by Crippen LogP contribution is 2.25. The molecule has 1 aromatic carbocycles. The van der Waals surface area contributed by atoms with Gasteiger partial charge in [-0.05, 0) is 18.2 Å². The Labute approximate surface area is 107 Å². The normalized spacial score (nSPS) is 16.9. The van der Waals surface area contributed by atoms with Crippen molar-refractivity contribution in [2.45, 2.75) is 0 Å². The number of hydrogen-bond acceptors (Lipinski definition) is 3. The Kier molecular flexibility index (Phi) is 3.76. The molecular formula is C11H12BrFN2O2. The molecule has 1 aromatic rings. The van der Waals surface area contributed by atoms with Gasteiger partial charge in [-0.2, -0.15) is 0 Å². The molecule has 1 heterocycles. The van der Waals surface area contributed by atoms with E-state index in [2.05, 4.69) is 15.9 Å². The van der Waals surface area contributed by atoms with E-state index in [0.717, 1.165) is 0 Å². The topological polar surface area (TPSA) is 43.8 Å². The highest BCUT2D eigenvalue weighted by atomic mass is 79.9. The predicted octanol–water partition coefficient (Wildman–Crippen LogP) is 1.19. The lowest BCUT2D eigenvalue weighted by atomic mass is 10.3. The molecule has 0 bridgehead atoms. The van der Waals surface area contributed by atoms with Crippen molar-refractivity contribution in [3.05, 3.63) is 28.5 Å². The third-order valence-corrected chi connectivity index (χ3v) is 3.11. The molecule has 0 spiro atoms. The minimum Gasteiger partial charge on any atom is -0.395 e. The van der Waals surface area contributed by atoms with E-state index < -0.39 is 5.82 Å². The first-order valence-electron chi connectivity index (χ1n) is 5.20. The van der Waals surface area contributed by atoms with Crippen LogP contribution in [0.25, 0.3) is 0 Å². The Bertz CT molecular complexity index is 441. The summed E-state index contributed by atoms with van der Waals surface area (Å²) in [6.45, 7) is 0.943. The van der Waals surface area contributed by atoms with Crippen LogP contribution in [-0.2, 0) is 4.79 Å². The molecule has 4 nitrogen and oxygen atoms in total. The minimum absolute atomic E-state index is 0.00998. The highest BCUT2D eigenvalue weighted by molar-refractivity contribution is 9.10. The number of aliphatic hydroxyl groups excluding tert-OH is 1. The number of anilines is 1. The Morgan fingerprint density at radius 2 is 2.24 bits per heavy atom. The van der Waals surface area contributed by atoms with Crippen LogP contribution in [0.4, 0.5) is 10.1 Å². The van der Waals surface area contributed by atoms with Gasteiger partial charge in [-0.1, -0.05) is 15.9 Å². The summed E-state index contributed by atoms with van der Waals surface area (Å²) in [5.41, 5.74) is 0.277. The van der Waals surface area contributed by atoms with Crippen molar-refractivity contribution in [3.8, 4) is 0 Å². The van der Waals surface area contributed by atoms with Gasteiger partial charge in [0.1, 0.15) is 5.82 Å². The summed E-state index contributed by atoms with van der Waals surface area (Å²) in [7, 11) is 0. The third kappa shape index (κ3) is 2.65. The number of carbonyl (C=O) groups excluding carboxylic acids is 1. The second kappa shape index (κ2) is 5.12. The van der Waals surface area contributed by atoms with E-state index in [-0.39, 0.29) is 24.7 Å². The van der Waals surface area contributed by atoms with Gasteiger partial charge in [-0.3, -0.25) is 14.6 Å². The van der Waals surface area contributed by atoms with E-state index in [0.29, 0.717) is 17.7 Å². The lowest BCUT2D eigenvalue weighted by Gasteiger charge is -2.18. The minimum atomic E-state index is -0.432. The molecule has 1 amide bonds. The molecule has 17 heavy (non-hydrogen) atoms. The van der Waals surface area contributed by atoms with E-state index in [1.54, 1.807) is 17.0 Å². The van der Waals surface area contributed by atoms with Gasteiger partial charge in [0, 0.05) is 11.0 Å². The summed E-state index contributed by atoms with van der Waals surface area (Å²) in [6, 6.07) is 4.59. The summed E-state index contributed by atoms with van der Waals surface area (Å²) >= 11 is 3.17. The predicted molar refractivity (Wildman–Crippen MR) is 65.1 cm³/mol. The largest absolute Gasteiger partial charge is 0.395 e. The Hall–Kier alpha value is -0.980. The second-order valence-corrected chi connectivity index (χ2v) is 4.75. The van der Waals surface area contributed by atoms with Crippen molar-refractivity contribution in [2.24, 2.45) is 0 Å². The molecule has 92 valence electrons. The molecule has 1 N–H and O–H groups in total. The maximum absolute atomic E-state index is 13.7. The van der Waals surface area contributed by atoms with Crippen LogP contribution in [0.2, 0.25) is 0 Å². The fraction of sp³-hybridized carbons (Fsp3) is 0.364. The molecule has 2 rings (SSSR count). The van der Waals surface area contributed by atoms with E-state index in [4.69, 9.17) is 5.11 Å². The molecule has 0 atom stereocenters. The molecule has 0 aliphatic carbocycles. The number of β-amino-alcohol motifs (C(OH)–C–C–N with tert-alkyl or cyclic N) is 1. The molecular weight excluding hydrogens is 291 g/mol. The standard InChI is InChI=1S/C11H12BrFN2O2/c12-8-1-2-10(9(13)5-8)15-7-14(3-4-16)6-11(15)17/h1-2,5,16H,3-4,6-7H2. The Morgan fingerprint density at radius 1 is 1.47 bits per heavy atom. The SMILES string of the molecule is O=C1CN(CCO)CN1c1ccc(Br)cc1F. The van der Waals surface area contributed by atoms with Crippen molar-refractivity contribution >= 4 is 27.5 Å². The van der Waals surface area contributed by atoms with E-state index in [1.165, 1.54) is 11.0 Å². The number of rotatable bonds is 3. The Balaban J connectivity index is 2.20. The fourth-order valence-electron chi connectivity index (χ4n) is 1.81. The first-order chi connectivity index (χ1) is 8.11.